The summed E-state index contributed by atoms with van der Waals surface area (Å²) in [5.41, 5.74) is 4.78. The number of carbonyl (C=O) groups excluding carboxylic acids is 1. The van der Waals surface area contributed by atoms with Crippen LogP contribution in [0, 0.1) is 20.8 Å². The summed E-state index contributed by atoms with van der Waals surface area (Å²) in [5.74, 6) is 0.589. The molecule has 0 bridgehead atoms. The fraction of sp³-hybridized carbons (Fsp3) is 0.250. The number of amides is 1. The third-order valence-corrected chi connectivity index (χ3v) is 4.90. The molecule has 0 spiro atoms. The summed E-state index contributed by atoms with van der Waals surface area (Å²) in [4.78, 5) is 27.3. The van der Waals surface area contributed by atoms with E-state index < -0.39 is 0 Å². The summed E-state index contributed by atoms with van der Waals surface area (Å²) < 4.78 is 5.96. The molecule has 0 aliphatic carbocycles. The molecule has 1 atom stereocenters. The molecule has 2 aromatic carbocycles. The number of nitrogens with one attached hydrogen (secondary N) is 2. The number of carbonyl (C=O) groups is 1. The predicted molar refractivity (Wildman–Crippen MR) is 114 cm³/mol. The molecule has 1 heterocycles. The van der Waals surface area contributed by atoms with Crippen molar-refractivity contribution in [3.8, 4) is 5.75 Å². The highest BCUT2D eigenvalue weighted by Crippen LogP contribution is 2.22. The van der Waals surface area contributed by atoms with E-state index in [1.54, 1.807) is 12.1 Å². The summed E-state index contributed by atoms with van der Waals surface area (Å²) in [6, 6.07) is 17.1. The smallest absolute Gasteiger partial charge is 0.253 e. The number of aromatic amines is 1. The number of aryl methyl sites for hydroxylation is 3. The monoisotopic (exact) mass is 390 g/mol. The molecule has 0 aliphatic heterocycles. The van der Waals surface area contributed by atoms with Crippen LogP contribution in [0.5, 0.6) is 5.75 Å². The summed E-state index contributed by atoms with van der Waals surface area (Å²) in [5, 5.41) is 2.82. The summed E-state index contributed by atoms with van der Waals surface area (Å²) in [6.07, 6.45) is -0.136. The molecule has 1 amide bonds. The normalized spacial score (nSPS) is 11.7. The van der Waals surface area contributed by atoms with Gasteiger partial charge >= 0.3 is 0 Å². The molecule has 1 unspecified atom stereocenters. The van der Waals surface area contributed by atoms with E-state index in [2.05, 4.69) is 10.3 Å². The van der Waals surface area contributed by atoms with Crippen LogP contribution in [-0.4, -0.2) is 10.9 Å². The summed E-state index contributed by atoms with van der Waals surface area (Å²) in [7, 11) is 0. The Morgan fingerprint density at radius 2 is 1.69 bits per heavy atom. The van der Waals surface area contributed by atoms with Crippen LogP contribution in [0.4, 0.5) is 0 Å². The van der Waals surface area contributed by atoms with Gasteiger partial charge in [0.05, 0.1) is 0 Å². The van der Waals surface area contributed by atoms with Crippen molar-refractivity contribution in [1.29, 1.82) is 0 Å². The number of ether oxygens (including phenoxy) is 1. The average Bonchev–Trinajstić information content (AvgIpc) is 2.69. The van der Waals surface area contributed by atoms with Gasteiger partial charge in [-0.3, -0.25) is 9.59 Å². The van der Waals surface area contributed by atoms with E-state index in [0.29, 0.717) is 11.1 Å². The van der Waals surface area contributed by atoms with E-state index in [9.17, 15) is 9.59 Å². The van der Waals surface area contributed by atoms with Crippen molar-refractivity contribution in [2.24, 2.45) is 0 Å². The minimum Gasteiger partial charge on any atom is -0.486 e. The Labute approximate surface area is 170 Å². The largest absolute Gasteiger partial charge is 0.486 e. The van der Waals surface area contributed by atoms with E-state index in [1.807, 2.05) is 70.2 Å². The molecule has 0 saturated heterocycles. The molecule has 0 aliphatic rings. The highest BCUT2D eigenvalue weighted by atomic mass is 16.5. The second-order valence-electron chi connectivity index (χ2n) is 7.32. The number of rotatable bonds is 6. The van der Waals surface area contributed by atoms with Gasteiger partial charge in [-0.2, -0.15) is 0 Å². The second-order valence-corrected chi connectivity index (χ2v) is 7.32. The van der Waals surface area contributed by atoms with Crippen LogP contribution in [-0.2, 0) is 6.54 Å². The Morgan fingerprint density at radius 1 is 1.03 bits per heavy atom. The van der Waals surface area contributed by atoms with Gasteiger partial charge in [0, 0.05) is 23.4 Å². The van der Waals surface area contributed by atoms with E-state index >= 15 is 0 Å². The van der Waals surface area contributed by atoms with Crippen LogP contribution in [0.3, 0.4) is 0 Å². The minimum atomic E-state index is -0.219. The van der Waals surface area contributed by atoms with Gasteiger partial charge in [-0.05, 0) is 69.2 Å². The van der Waals surface area contributed by atoms with Gasteiger partial charge < -0.3 is 15.0 Å². The number of aromatic nitrogens is 1. The maximum atomic E-state index is 12.5. The molecule has 0 saturated carbocycles. The van der Waals surface area contributed by atoms with Crippen LogP contribution >= 0.6 is 0 Å². The zero-order valence-corrected chi connectivity index (χ0v) is 17.2. The standard InChI is InChI=1S/C24H26N2O3/c1-15-5-11-21(12-6-15)29-18(4)19-7-9-20(10-8-19)23(27)25-14-22-16(2)13-17(3)26-24(22)28/h5-13,18H,14H2,1-4H3,(H,25,27)(H,26,28). The van der Waals surface area contributed by atoms with Gasteiger partial charge in [0.15, 0.2) is 0 Å². The Balaban J connectivity index is 1.62. The molecule has 3 aromatic rings. The lowest BCUT2D eigenvalue weighted by Gasteiger charge is -2.16. The molecule has 150 valence electrons. The first-order chi connectivity index (χ1) is 13.8. The quantitative estimate of drug-likeness (QED) is 0.656. The lowest BCUT2D eigenvalue weighted by Crippen LogP contribution is -2.27. The first-order valence-corrected chi connectivity index (χ1v) is 9.64. The van der Waals surface area contributed by atoms with Crippen LogP contribution in [0.25, 0.3) is 0 Å². The number of H-pyrrole nitrogens is 1. The third-order valence-electron chi connectivity index (χ3n) is 4.90. The SMILES string of the molecule is Cc1ccc(OC(C)c2ccc(C(=O)NCc3c(C)cc(C)[nH]c3=O)cc2)cc1. The van der Waals surface area contributed by atoms with Crippen molar-refractivity contribution in [2.45, 2.75) is 40.3 Å². The zero-order valence-electron chi connectivity index (χ0n) is 17.2. The fourth-order valence-electron chi connectivity index (χ4n) is 3.17. The summed E-state index contributed by atoms with van der Waals surface area (Å²) in [6.45, 7) is 7.90. The van der Waals surface area contributed by atoms with Crippen molar-refractivity contribution in [3.05, 3.63) is 98.5 Å². The van der Waals surface area contributed by atoms with Crippen LogP contribution < -0.4 is 15.6 Å². The summed E-state index contributed by atoms with van der Waals surface area (Å²) >= 11 is 0. The highest BCUT2D eigenvalue weighted by molar-refractivity contribution is 5.94. The maximum Gasteiger partial charge on any atom is 0.253 e. The van der Waals surface area contributed by atoms with E-state index in [4.69, 9.17) is 4.74 Å². The maximum absolute atomic E-state index is 12.5. The van der Waals surface area contributed by atoms with E-state index in [1.165, 1.54) is 5.56 Å². The Morgan fingerprint density at radius 3 is 2.31 bits per heavy atom. The number of benzene rings is 2. The van der Waals surface area contributed by atoms with Crippen molar-refractivity contribution in [1.82, 2.24) is 10.3 Å². The van der Waals surface area contributed by atoms with Gasteiger partial charge in [-0.1, -0.05) is 29.8 Å². The molecule has 29 heavy (non-hydrogen) atoms. The average molecular weight is 390 g/mol. The van der Waals surface area contributed by atoms with Crippen molar-refractivity contribution < 1.29 is 9.53 Å². The van der Waals surface area contributed by atoms with E-state index in [-0.39, 0.29) is 24.1 Å². The van der Waals surface area contributed by atoms with Crippen LogP contribution in [0.2, 0.25) is 0 Å². The topological polar surface area (TPSA) is 71.2 Å². The lowest BCUT2D eigenvalue weighted by molar-refractivity contribution is 0.0950. The van der Waals surface area contributed by atoms with Gasteiger partial charge in [0.1, 0.15) is 11.9 Å². The molecule has 3 rings (SSSR count). The van der Waals surface area contributed by atoms with Gasteiger partial charge in [0.2, 0.25) is 0 Å². The van der Waals surface area contributed by atoms with Crippen molar-refractivity contribution in [3.63, 3.8) is 0 Å². The molecular weight excluding hydrogens is 364 g/mol. The zero-order chi connectivity index (χ0) is 21.0. The molecule has 5 nitrogen and oxygen atoms in total. The fourth-order valence-corrected chi connectivity index (χ4v) is 3.17. The third kappa shape index (κ3) is 5.13. The van der Waals surface area contributed by atoms with Gasteiger partial charge in [0.25, 0.3) is 11.5 Å². The Hall–Kier alpha value is -3.34. The Bertz CT molecular complexity index is 1050. The minimum absolute atomic E-state index is 0.136. The number of hydrogen-bond donors (Lipinski definition) is 2. The van der Waals surface area contributed by atoms with Crippen LogP contribution in [0.1, 0.15) is 51.3 Å². The molecule has 5 heteroatoms. The number of hydrogen-bond acceptors (Lipinski definition) is 3. The van der Waals surface area contributed by atoms with Crippen LogP contribution in [0.15, 0.2) is 59.4 Å². The first-order valence-electron chi connectivity index (χ1n) is 9.64. The second kappa shape index (κ2) is 8.78. The van der Waals surface area contributed by atoms with Crippen molar-refractivity contribution >= 4 is 5.91 Å². The highest BCUT2D eigenvalue weighted by Gasteiger charge is 2.12. The van der Waals surface area contributed by atoms with Gasteiger partial charge in [-0.15, -0.1) is 0 Å². The lowest BCUT2D eigenvalue weighted by atomic mass is 10.1. The molecule has 2 N–H and O–H groups in total. The molecule has 0 radical (unpaired) electrons. The predicted octanol–water partition coefficient (Wildman–Crippen LogP) is 4.37. The molecule has 1 aromatic heterocycles. The van der Waals surface area contributed by atoms with E-state index in [0.717, 1.165) is 22.6 Å². The molecular formula is C24H26N2O3. The van der Waals surface area contributed by atoms with Gasteiger partial charge in [-0.25, -0.2) is 0 Å². The first kappa shape index (κ1) is 20.4. The Kier molecular flexibility index (Phi) is 6.17. The number of pyridine rings is 1. The molecule has 0 fully saturated rings. The van der Waals surface area contributed by atoms with Crippen molar-refractivity contribution in [2.75, 3.05) is 0 Å².